The Labute approximate surface area is 97.4 Å². The van der Waals surface area contributed by atoms with Gasteiger partial charge >= 0.3 is 0 Å². The van der Waals surface area contributed by atoms with E-state index in [2.05, 4.69) is 29.5 Å². The van der Waals surface area contributed by atoms with E-state index in [-0.39, 0.29) is 0 Å². The number of rotatable bonds is 7. The molecule has 4 heteroatoms. The molecule has 0 aromatic carbocycles. The summed E-state index contributed by atoms with van der Waals surface area (Å²) in [6, 6.07) is 2.02. The molecule has 16 heavy (non-hydrogen) atoms. The Balaban J connectivity index is 2.21. The Bertz CT molecular complexity index is 302. The standard InChI is InChI=1S/C12H21N3O/c1-10(2)9-16-5-4-15-12-6-11(13-3)7-14-8-12/h6-8,10,13,15H,4-5,9H2,1-3H3. The van der Waals surface area contributed by atoms with Crippen molar-refractivity contribution in [3.8, 4) is 0 Å². The van der Waals surface area contributed by atoms with Crippen LogP contribution in [0.2, 0.25) is 0 Å². The van der Waals surface area contributed by atoms with Crippen LogP contribution in [0.1, 0.15) is 13.8 Å². The predicted octanol–water partition coefficient (Wildman–Crippen LogP) is 2.21. The van der Waals surface area contributed by atoms with E-state index >= 15 is 0 Å². The summed E-state index contributed by atoms with van der Waals surface area (Å²) in [5.74, 6) is 0.592. The zero-order valence-corrected chi connectivity index (χ0v) is 10.3. The van der Waals surface area contributed by atoms with Crippen molar-refractivity contribution in [2.24, 2.45) is 5.92 Å². The molecule has 1 aromatic rings. The Kier molecular flexibility index (Phi) is 5.64. The zero-order valence-electron chi connectivity index (χ0n) is 10.3. The van der Waals surface area contributed by atoms with Crippen molar-refractivity contribution in [2.45, 2.75) is 13.8 Å². The number of hydrogen-bond donors (Lipinski definition) is 2. The molecule has 0 bridgehead atoms. The lowest BCUT2D eigenvalue weighted by molar-refractivity contribution is 0.118. The second kappa shape index (κ2) is 7.06. The van der Waals surface area contributed by atoms with Crippen molar-refractivity contribution in [3.63, 3.8) is 0 Å². The van der Waals surface area contributed by atoms with Crippen molar-refractivity contribution >= 4 is 11.4 Å². The molecule has 0 saturated heterocycles. The largest absolute Gasteiger partial charge is 0.387 e. The molecule has 0 radical (unpaired) electrons. The average molecular weight is 223 g/mol. The first-order valence-electron chi connectivity index (χ1n) is 5.66. The summed E-state index contributed by atoms with van der Waals surface area (Å²) < 4.78 is 5.47. The summed E-state index contributed by atoms with van der Waals surface area (Å²) in [5.41, 5.74) is 2.02. The number of aromatic nitrogens is 1. The molecule has 0 aliphatic heterocycles. The number of ether oxygens (including phenoxy) is 1. The van der Waals surface area contributed by atoms with Gasteiger partial charge in [-0.2, -0.15) is 0 Å². The van der Waals surface area contributed by atoms with Crippen molar-refractivity contribution in [1.82, 2.24) is 4.98 Å². The van der Waals surface area contributed by atoms with Gasteiger partial charge in [0.05, 0.1) is 30.4 Å². The van der Waals surface area contributed by atoms with E-state index in [0.29, 0.717) is 5.92 Å². The van der Waals surface area contributed by atoms with Crippen LogP contribution >= 0.6 is 0 Å². The highest BCUT2D eigenvalue weighted by molar-refractivity contribution is 5.53. The van der Waals surface area contributed by atoms with Crippen LogP contribution in [0.15, 0.2) is 18.5 Å². The van der Waals surface area contributed by atoms with Gasteiger partial charge in [0.15, 0.2) is 0 Å². The van der Waals surface area contributed by atoms with Crippen molar-refractivity contribution in [3.05, 3.63) is 18.5 Å². The monoisotopic (exact) mass is 223 g/mol. The minimum atomic E-state index is 0.592. The summed E-state index contributed by atoms with van der Waals surface area (Å²) in [4.78, 5) is 4.12. The summed E-state index contributed by atoms with van der Waals surface area (Å²) in [6.07, 6.45) is 3.60. The zero-order chi connectivity index (χ0) is 11.8. The Morgan fingerprint density at radius 3 is 2.75 bits per heavy atom. The van der Waals surface area contributed by atoms with Crippen LogP contribution in [0.5, 0.6) is 0 Å². The van der Waals surface area contributed by atoms with Gasteiger partial charge in [-0.3, -0.25) is 4.98 Å². The van der Waals surface area contributed by atoms with E-state index in [0.717, 1.165) is 31.1 Å². The fourth-order valence-corrected chi connectivity index (χ4v) is 1.26. The number of nitrogens with one attached hydrogen (secondary N) is 2. The van der Waals surface area contributed by atoms with Gasteiger partial charge in [-0.05, 0) is 12.0 Å². The molecule has 1 rings (SSSR count). The smallest absolute Gasteiger partial charge is 0.0639 e. The fraction of sp³-hybridized carbons (Fsp3) is 0.583. The van der Waals surface area contributed by atoms with E-state index in [4.69, 9.17) is 4.74 Å². The molecule has 0 unspecified atom stereocenters. The molecule has 0 atom stereocenters. The molecular weight excluding hydrogens is 202 g/mol. The van der Waals surface area contributed by atoms with Crippen LogP contribution in [-0.2, 0) is 4.74 Å². The summed E-state index contributed by atoms with van der Waals surface area (Å²) in [6.45, 7) is 6.64. The topological polar surface area (TPSA) is 46.2 Å². The van der Waals surface area contributed by atoms with Crippen molar-refractivity contribution in [2.75, 3.05) is 37.4 Å². The average Bonchev–Trinajstić information content (AvgIpc) is 2.28. The van der Waals surface area contributed by atoms with E-state index in [1.54, 1.807) is 6.20 Å². The summed E-state index contributed by atoms with van der Waals surface area (Å²) >= 11 is 0. The first-order valence-corrected chi connectivity index (χ1v) is 5.66. The maximum absolute atomic E-state index is 5.47. The van der Waals surface area contributed by atoms with Gasteiger partial charge in [0.2, 0.25) is 0 Å². The third kappa shape index (κ3) is 4.98. The van der Waals surface area contributed by atoms with Crippen LogP contribution in [0.25, 0.3) is 0 Å². The lowest BCUT2D eigenvalue weighted by atomic mass is 10.2. The van der Waals surface area contributed by atoms with Gasteiger partial charge in [-0.15, -0.1) is 0 Å². The Morgan fingerprint density at radius 1 is 1.31 bits per heavy atom. The lowest BCUT2D eigenvalue weighted by Crippen LogP contribution is -2.12. The highest BCUT2D eigenvalue weighted by Gasteiger charge is 1.96. The molecule has 0 saturated carbocycles. The maximum atomic E-state index is 5.47. The van der Waals surface area contributed by atoms with Gasteiger partial charge < -0.3 is 15.4 Å². The third-order valence-electron chi connectivity index (χ3n) is 2.05. The van der Waals surface area contributed by atoms with Gasteiger partial charge in [0.1, 0.15) is 0 Å². The van der Waals surface area contributed by atoms with Gasteiger partial charge in [-0.25, -0.2) is 0 Å². The number of pyridine rings is 1. The van der Waals surface area contributed by atoms with E-state index in [1.165, 1.54) is 0 Å². The van der Waals surface area contributed by atoms with Crippen LogP contribution < -0.4 is 10.6 Å². The maximum Gasteiger partial charge on any atom is 0.0639 e. The van der Waals surface area contributed by atoms with Gasteiger partial charge in [0, 0.05) is 20.2 Å². The van der Waals surface area contributed by atoms with Crippen molar-refractivity contribution < 1.29 is 4.74 Å². The van der Waals surface area contributed by atoms with E-state index in [9.17, 15) is 0 Å². The number of anilines is 2. The SMILES string of the molecule is CNc1cncc(NCCOCC(C)C)c1. The molecule has 4 nitrogen and oxygen atoms in total. The first kappa shape index (κ1) is 12.8. The fourth-order valence-electron chi connectivity index (χ4n) is 1.26. The van der Waals surface area contributed by atoms with Crippen LogP contribution in [0.4, 0.5) is 11.4 Å². The molecule has 90 valence electrons. The molecule has 0 amide bonds. The van der Waals surface area contributed by atoms with Crippen molar-refractivity contribution in [1.29, 1.82) is 0 Å². The molecule has 1 aromatic heterocycles. The van der Waals surface area contributed by atoms with E-state index in [1.807, 2.05) is 19.3 Å². The van der Waals surface area contributed by atoms with Gasteiger partial charge in [0.25, 0.3) is 0 Å². The first-order chi connectivity index (χ1) is 7.72. The Morgan fingerprint density at radius 2 is 2.06 bits per heavy atom. The van der Waals surface area contributed by atoms with E-state index < -0.39 is 0 Å². The number of nitrogens with zero attached hydrogens (tertiary/aromatic N) is 1. The molecular formula is C12H21N3O. The van der Waals surface area contributed by atoms with Gasteiger partial charge in [-0.1, -0.05) is 13.8 Å². The highest BCUT2D eigenvalue weighted by Crippen LogP contribution is 2.11. The quantitative estimate of drug-likeness (QED) is 0.696. The third-order valence-corrected chi connectivity index (χ3v) is 2.05. The molecule has 1 heterocycles. The molecule has 0 aliphatic carbocycles. The molecule has 0 spiro atoms. The summed E-state index contributed by atoms with van der Waals surface area (Å²) in [7, 11) is 1.88. The molecule has 2 N–H and O–H groups in total. The second-order valence-electron chi connectivity index (χ2n) is 4.11. The number of hydrogen-bond acceptors (Lipinski definition) is 4. The van der Waals surface area contributed by atoms with Crippen LogP contribution in [0, 0.1) is 5.92 Å². The lowest BCUT2D eigenvalue weighted by Gasteiger charge is -2.09. The summed E-state index contributed by atoms with van der Waals surface area (Å²) in [5, 5.41) is 6.32. The molecule has 0 aliphatic rings. The van der Waals surface area contributed by atoms with Crippen LogP contribution in [-0.4, -0.2) is 31.8 Å². The second-order valence-corrected chi connectivity index (χ2v) is 4.11. The minimum Gasteiger partial charge on any atom is -0.387 e. The molecule has 0 fully saturated rings. The van der Waals surface area contributed by atoms with Crippen LogP contribution in [0.3, 0.4) is 0 Å². The minimum absolute atomic E-state index is 0.592. The predicted molar refractivity (Wildman–Crippen MR) is 67.9 cm³/mol. The normalized spacial score (nSPS) is 10.5. The highest BCUT2D eigenvalue weighted by atomic mass is 16.5. The Hall–Kier alpha value is -1.29.